The van der Waals surface area contributed by atoms with Gasteiger partial charge in [-0.05, 0) is 58.4 Å². The fourth-order valence-corrected chi connectivity index (χ4v) is 2.04. The van der Waals surface area contributed by atoms with Crippen LogP contribution in [0.4, 0.5) is 10.5 Å². The largest absolute Gasteiger partial charge is 0.494 e. The average molecular weight is 294 g/mol. The number of benzene rings is 1. The number of carbonyl (C=O) groups excluding carboxylic acids is 1. The summed E-state index contributed by atoms with van der Waals surface area (Å²) in [6.07, 6.45) is 0. The Labute approximate surface area is 126 Å². The third kappa shape index (κ3) is 5.63. The smallest absolute Gasteiger partial charge is 0.321 e. The molecule has 0 aromatic heterocycles. The zero-order chi connectivity index (χ0) is 16.0. The Morgan fingerprint density at radius 2 is 2.05 bits per heavy atom. The molecular weight excluding hydrogens is 268 g/mol. The minimum absolute atomic E-state index is 0.219. The standard InChI is InChI=1S/C16H26N2O3/c1-6-18(11-16(4,5)20)15(19)17-13-8-9-14(21-7-2)12(3)10-13/h8-10,20H,6-7,11H2,1-5H3,(H,17,19). The van der Waals surface area contributed by atoms with Crippen molar-refractivity contribution in [3.05, 3.63) is 23.8 Å². The number of hydrogen-bond acceptors (Lipinski definition) is 3. The molecule has 0 unspecified atom stereocenters. The first-order valence-electron chi connectivity index (χ1n) is 7.28. The van der Waals surface area contributed by atoms with Gasteiger partial charge in [0.2, 0.25) is 0 Å². The van der Waals surface area contributed by atoms with E-state index in [1.54, 1.807) is 18.7 Å². The van der Waals surface area contributed by atoms with E-state index in [1.807, 2.05) is 39.0 Å². The van der Waals surface area contributed by atoms with Crippen LogP contribution in [0, 0.1) is 6.92 Å². The van der Waals surface area contributed by atoms with Crippen LogP contribution in [-0.4, -0.2) is 41.3 Å². The first kappa shape index (κ1) is 17.3. The number of anilines is 1. The van der Waals surface area contributed by atoms with Gasteiger partial charge in [-0.2, -0.15) is 0 Å². The highest BCUT2D eigenvalue weighted by Crippen LogP contribution is 2.22. The Hall–Kier alpha value is -1.75. The van der Waals surface area contributed by atoms with Crippen molar-refractivity contribution in [3.8, 4) is 5.75 Å². The van der Waals surface area contributed by atoms with Crippen LogP contribution in [0.5, 0.6) is 5.75 Å². The number of nitrogens with one attached hydrogen (secondary N) is 1. The van der Waals surface area contributed by atoms with Crippen molar-refractivity contribution in [1.29, 1.82) is 0 Å². The van der Waals surface area contributed by atoms with Crippen molar-refractivity contribution in [2.24, 2.45) is 0 Å². The summed E-state index contributed by atoms with van der Waals surface area (Å²) in [5, 5.41) is 12.7. The van der Waals surface area contributed by atoms with Crippen LogP contribution in [-0.2, 0) is 0 Å². The molecular formula is C16H26N2O3. The Morgan fingerprint density at radius 1 is 1.38 bits per heavy atom. The van der Waals surface area contributed by atoms with Crippen molar-refractivity contribution in [2.45, 2.75) is 40.2 Å². The van der Waals surface area contributed by atoms with E-state index in [9.17, 15) is 9.90 Å². The summed E-state index contributed by atoms with van der Waals surface area (Å²) in [4.78, 5) is 13.8. The molecule has 0 fully saturated rings. The van der Waals surface area contributed by atoms with Gasteiger partial charge in [-0.25, -0.2) is 4.79 Å². The molecule has 2 N–H and O–H groups in total. The van der Waals surface area contributed by atoms with Crippen LogP contribution in [0.1, 0.15) is 33.3 Å². The molecule has 1 aromatic carbocycles. The van der Waals surface area contributed by atoms with Crippen LogP contribution >= 0.6 is 0 Å². The Morgan fingerprint density at radius 3 is 2.52 bits per heavy atom. The van der Waals surface area contributed by atoms with E-state index in [1.165, 1.54) is 0 Å². The van der Waals surface area contributed by atoms with E-state index in [2.05, 4.69) is 5.32 Å². The number of aliphatic hydroxyl groups is 1. The fraction of sp³-hybridized carbons (Fsp3) is 0.562. The first-order chi connectivity index (χ1) is 9.76. The second kappa shape index (κ2) is 7.31. The highest BCUT2D eigenvalue weighted by atomic mass is 16.5. The Bertz CT molecular complexity index is 481. The number of ether oxygens (including phenoxy) is 1. The number of carbonyl (C=O) groups is 1. The molecule has 21 heavy (non-hydrogen) atoms. The maximum Gasteiger partial charge on any atom is 0.321 e. The third-order valence-electron chi connectivity index (χ3n) is 2.97. The van der Waals surface area contributed by atoms with E-state index in [4.69, 9.17) is 4.74 Å². The third-order valence-corrected chi connectivity index (χ3v) is 2.97. The number of urea groups is 1. The molecule has 0 saturated carbocycles. The van der Waals surface area contributed by atoms with Gasteiger partial charge in [0.05, 0.1) is 18.8 Å². The minimum atomic E-state index is -0.915. The van der Waals surface area contributed by atoms with E-state index < -0.39 is 5.60 Å². The summed E-state index contributed by atoms with van der Waals surface area (Å²) in [7, 11) is 0. The second-order valence-electron chi connectivity index (χ2n) is 5.67. The quantitative estimate of drug-likeness (QED) is 0.847. The molecule has 0 spiro atoms. The van der Waals surface area contributed by atoms with Gasteiger partial charge >= 0.3 is 6.03 Å². The lowest BCUT2D eigenvalue weighted by Crippen LogP contribution is -2.44. The van der Waals surface area contributed by atoms with E-state index in [0.717, 1.165) is 17.0 Å². The molecule has 1 aromatic rings. The molecule has 5 heteroatoms. The molecule has 0 heterocycles. The molecule has 0 atom stereocenters. The number of likely N-dealkylation sites (N-methyl/N-ethyl adjacent to an activating group) is 1. The van der Waals surface area contributed by atoms with Crippen molar-refractivity contribution >= 4 is 11.7 Å². The highest BCUT2D eigenvalue weighted by molar-refractivity contribution is 5.89. The predicted octanol–water partition coefficient (Wildman–Crippen LogP) is 3.02. The summed E-state index contributed by atoms with van der Waals surface area (Å²) in [5.74, 6) is 0.819. The van der Waals surface area contributed by atoms with Gasteiger partial charge < -0.3 is 20.1 Å². The summed E-state index contributed by atoms with van der Waals surface area (Å²) in [6, 6.07) is 5.32. The fourth-order valence-electron chi connectivity index (χ4n) is 2.04. The van der Waals surface area contributed by atoms with Crippen LogP contribution < -0.4 is 10.1 Å². The monoisotopic (exact) mass is 294 g/mol. The lowest BCUT2D eigenvalue weighted by molar-refractivity contribution is 0.0501. The topological polar surface area (TPSA) is 61.8 Å². The SMILES string of the molecule is CCOc1ccc(NC(=O)N(CC)CC(C)(C)O)cc1C. The van der Waals surface area contributed by atoms with E-state index in [-0.39, 0.29) is 12.6 Å². The molecule has 1 rings (SSSR count). The molecule has 0 saturated heterocycles. The Kier molecular flexibility index (Phi) is 6.03. The maximum atomic E-state index is 12.2. The molecule has 0 aliphatic carbocycles. The van der Waals surface area contributed by atoms with Crippen molar-refractivity contribution in [3.63, 3.8) is 0 Å². The number of hydrogen-bond donors (Lipinski definition) is 2. The molecule has 0 aliphatic rings. The summed E-state index contributed by atoms with van der Waals surface area (Å²) >= 11 is 0. The van der Waals surface area contributed by atoms with Gasteiger partial charge in [-0.1, -0.05) is 0 Å². The number of nitrogens with zero attached hydrogens (tertiary/aromatic N) is 1. The van der Waals surface area contributed by atoms with Crippen molar-refractivity contribution in [2.75, 3.05) is 25.0 Å². The first-order valence-corrected chi connectivity index (χ1v) is 7.28. The minimum Gasteiger partial charge on any atom is -0.494 e. The van der Waals surface area contributed by atoms with Crippen LogP contribution in [0.25, 0.3) is 0 Å². The van der Waals surface area contributed by atoms with Gasteiger partial charge in [0.1, 0.15) is 5.75 Å². The van der Waals surface area contributed by atoms with Crippen molar-refractivity contribution < 1.29 is 14.6 Å². The molecule has 118 valence electrons. The van der Waals surface area contributed by atoms with Gasteiger partial charge in [0.15, 0.2) is 0 Å². The predicted molar refractivity (Wildman–Crippen MR) is 84.9 cm³/mol. The molecule has 5 nitrogen and oxygen atoms in total. The lowest BCUT2D eigenvalue weighted by Gasteiger charge is -2.28. The van der Waals surface area contributed by atoms with Gasteiger partial charge in [0, 0.05) is 12.2 Å². The van der Waals surface area contributed by atoms with Crippen LogP contribution in [0.15, 0.2) is 18.2 Å². The summed E-state index contributed by atoms with van der Waals surface area (Å²) in [5.41, 5.74) is 0.776. The van der Waals surface area contributed by atoms with Gasteiger partial charge in [-0.15, -0.1) is 0 Å². The molecule has 0 radical (unpaired) electrons. The number of rotatable bonds is 6. The Balaban J connectivity index is 2.75. The second-order valence-corrected chi connectivity index (χ2v) is 5.67. The maximum absolute atomic E-state index is 12.2. The van der Waals surface area contributed by atoms with E-state index >= 15 is 0 Å². The van der Waals surface area contributed by atoms with Crippen LogP contribution in [0.3, 0.4) is 0 Å². The average Bonchev–Trinajstić information content (AvgIpc) is 2.38. The molecule has 0 bridgehead atoms. The normalized spacial score (nSPS) is 11.1. The van der Waals surface area contributed by atoms with Gasteiger partial charge in [0.25, 0.3) is 0 Å². The van der Waals surface area contributed by atoms with Crippen LogP contribution in [0.2, 0.25) is 0 Å². The zero-order valence-corrected chi connectivity index (χ0v) is 13.6. The van der Waals surface area contributed by atoms with Gasteiger partial charge in [-0.3, -0.25) is 0 Å². The summed E-state index contributed by atoms with van der Waals surface area (Å²) < 4.78 is 5.47. The van der Waals surface area contributed by atoms with E-state index in [0.29, 0.717) is 13.2 Å². The highest BCUT2D eigenvalue weighted by Gasteiger charge is 2.21. The number of aryl methyl sites for hydroxylation is 1. The molecule has 2 amide bonds. The van der Waals surface area contributed by atoms with Crippen molar-refractivity contribution in [1.82, 2.24) is 4.90 Å². The zero-order valence-electron chi connectivity index (χ0n) is 13.6. The molecule has 0 aliphatic heterocycles. The lowest BCUT2D eigenvalue weighted by atomic mass is 10.1. The summed E-state index contributed by atoms with van der Waals surface area (Å²) in [6.45, 7) is 10.6. The number of amides is 2.